The minimum atomic E-state index is -0.126. The quantitative estimate of drug-likeness (QED) is 0.686. The van der Waals surface area contributed by atoms with Crippen molar-refractivity contribution in [1.29, 1.82) is 0 Å². The standard InChI is InChI=1S/C20H19ClN4O2/c1-13-22-19(24-27-13)15-6-3-8-17(12-15)23-20(26)25-10-4-9-18(25)14-5-2-7-16(21)11-14/h2-3,5-8,11-12,18H,4,9-10H2,1H3,(H,23,26). The Kier molecular flexibility index (Phi) is 4.81. The summed E-state index contributed by atoms with van der Waals surface area (Å²) in [4.78, 5) is 19.0. The number of likely N-dealkylation sites (tertiary alicyclic amines) is 1. The summed E-state index contributed by atoms with van der Waals surface area (Å²) in [5.74, 6) is 1.00. The predicted octanol–water partition coefficient (Wildman–Crippen LogP) is 5.07. The van der Waals surface area contributed by atoms with Crippen LogP contribution in [-0.2, 0) is 0 Å². The van der Waals surface area contributed by atoms with Crippen molar-refractivity contribution in [1.82, 2.24) is 15.0 Å². The number of carbonyl (C=O) groups is 1. The van der Waals surface area contributed by atoms with Gasteiger partial charge in [0.25, 0.3) is 0 Å². The van der Waals surface area contributed by atoms with Gasteiger partial charge in [-0.1, -0.05) is 41.0 Å². The number of hydrogen-bond donors (Lipinski definition) is 1. The van der Waals surface area contributed by atoms with Crippen LogP contribution in [0.25, 0.3) is 11.4 Å². The molecule has 3 aromatic rings. The first-order valence-electron chi connectivity index (χ1n) is 8.84. The number of carbonyl (C=O) groups excluding carboxylic acids is 1. The van der Waals surface area contributed by atoms with Gasteiger partial charge in [0.1, 0.15) is 0 Å². The number of urea groups is 1. The van der Waals surface area contributed by atoms with E-state index in [0.29, 0.717) is 29.0 Å². The molecule has 1 unspecified atom stereocenters. The maximum atomic E-state index is 12.9. The van der Waals surface area contributed by atoms with Crippen molar-refractivity contribution < 1.29 is 9.32 Å². The summed E-state index contributed by atoms with van der Waals surface area (Å²) in [5.41, 5.74) is 2.54. The average Bonchev–Trinajstić information content (AvgIpc) is 3.31. The van der Waals surface area contributed by atoms with Gasteiger partial charge in [0.2, 0.25) is 11.7 Å². The number of hydrogen-bond acceptors (Lipinski definition) is 4. The third-order valence-corrected chi connectivity index (χ3v) is 4.88. The Hall–Kier alpha value is -2.86. The molecule has 1 aliphatic rings. The number of aryl methyl sites for hydroxylation is 1. The smallest absolute Gasteiger partial charge is 0.322 e. The van der Waals surface area contributed by atoms with E-state index in [9.17, 15) is 4.79 Å². The van der Waals surface area contributed by atoms with Crippen LogP contribution in [-0.4, -0.2) is 27.6 Å². The third kappa shape index (κ3) is 3.80. The maximum Gasteiger partial charge on any atom is 0.322 e. The lowest BCUT2D eigenvalue weighted by Gasteiger charge is -2.25. The Labute approximate surface area is 162 Å². The minimum Gasteiger partial charge on any atom is -0.339 e. The van der Waals surface area contributed by atoms with Crippen molar-refractivity contribution in [2.75, 3.05) is 11.9 Å². The lowest BCUT2D eigenvalue weighted by Crippen LogP contribution is -2.34. The summed E-state index contributed by atoms with van der Waals surface area (Å²) in [6, 6.07) is 15.0. The van der Waals surface area contributed by atoms with Gasteiger partial charge in [-0.15, -0.1) is 0 Å². The molecule has 6 nitrogen and oxygen atoms in total. The van der Waals surface area contributed by atoms with E-state index in [1.54, 1.807) is 6.92 Å². The molecule has 1 aromatic heterocycles. The van der Waals surface area contributed by atoms with E-state index in [-0.39, 0.29) is 12.1 Å². The molecule has 7 heteroatoms. The number of rotatable bonds is 3. The summed E-state index contributed by atoms with van der Waals surface area (Å²) >= 11 is 6.12. The van der Waals surface area contributed by atoms with Crippen molar-refractivity contribution in [3.05, 3.63) is 65.0 Å². The van der Waals surface area contributed by atoms with E-state index in [1.807, 2.05) is 53.4 Å². The van der Waals surface area contributed by atoms with Gasteiger partial charge in [0, 0.05) is 29.7 Å². The molecule has 1 atom stereocenters. The molecule has 2 aromatic carbocycles. The molecule has 1 N–H and O–H groups in total. The second-order valence-electron chi connectivity index (χ2n) is 6.55. The van der Waals surface area contributed by atoms with Gasteiger partial charge < -0.3 is 14.7 Å². The zero-order chi connectivity index (χ0) is 18.8. The zero-order valence-corrected chi connectivity index (χ0v) is 15.6. The molecule has 2 amide bonds. The number of nitrogens with one attached hydrogen (secondary N) is 1. The van der Waals surface area contributed by atoms with Gasteiger partial charge in [-0.3, -0.25) is 0 Å². The highest BCUT2D eigenvalue weighted by Gasteiger charge is 2.30. The monoisotopic (exact) mass is 382 g/mol. The Morgan fingerprint density at radius 3 is 2.89 bits per heavy atom. The Bertz CT molecular complexity index is 972. The number of anilines is 1. The first-order valence-corrected chi connectivity index (χ1v) is 9.22. The van der Waals surface area contributed by atoms with E-state index in [0.717, 1.165) is 24.0 Å². The molecule has 0 spiro atoms. The number of nitrogens with zero attached hydrogens (tertiary/aromatic N) is 3. The van der Waals surface area contributed by atoms with E-state index in [2.05, 4.69) is 15.5 Å². The highest BCUT2D eigenvalue weighted by molar-refractivity contribution is 6.30. The van der Waals surface area contributed by atoms with Crippen molar-refractivity contribution in [2.24, 2.45) is 0 Å². The van der Waals surface area contributed by atoms with Crippen LogP contribution >= 0.6 is 11.6 Å². The van der Waals surface area contributed by atoms with E-state index >= 15 is 0 Å². The van der Waals surface area contributed by atoms with Gasteiger partial charge in [-0.25, -0.2) is 4.79 Å². The largest absolute Gasteiger partial charge is 0.339 e. The molecular weight excluding hydrogens is 364 g/mol. The fourth-order valence-electron chi connectivity index (χ4n) is 3.42. The SMILES string of the molecule is Cc1nc(-c2cccc(NC(=O)N3CCCC3c3cccc(Cl)c3)c2)no1. The fraction of sp³-hybridized carbons (Fsp3) is 0.250. The second-order valence-corrected chi connectivity index (χ2v) is 6.99. The van der Waals surface area contributed by atoms with Crippen LogP contribution in [0.2, 0.25) is 5.02 Å². The molecule has 2 heterocycles. The number of halogens is 1. The number of amides is 2. The first kappa shape index (κ1) is 17.5. The van der Waals surface area contributed by atoms with Crippen LogP contribution in [0.15, 0.2) is 53.1 Å². The Balaban J connectivity index is 1.52. The predicted molar refractivity (Wildman–Crippen MR) is 104 cm³/mol. The second kappa shape index (κ2) is 7.40. The summed E-state index contributed by atoms with van der Waals surface area (Å²) < 4.78 is 5.03. The van der Waals surface area contributed by atoms with E-state index in [1.165, 1.54) is 0 Å². The molecule has 0 radical (unpaired) electrons. The topological polar surface area (TPSA) is 71.3 Å². The van der Waals surface area contributed by atoms with Crippen molar-refractivity contribution in [3.8, 4) is 11.4 Å². The molecule has 0 saturated carbocycles. The van der Waals surface area contributed by atoms with Crippen LogP contribution in [0.1, 0.15) is 30.3 Å². The molecule has 138 valence electrons. The zero-order valence-electron chi connectivity index (χ0n) is 14.9. The molecule has 4 rings (SSSR count). The fourth-order valence-corrected chi connectivity index (χ4v) is 3.62. The van der Waals surface area contributed by atoms with Crippen LogP contribution in [0.4, 0.5) is 10.5 Å². The van der Waals surface area contributed by atoms with Crippen LogP contribution in [0, 0.1) is 6.92 Å². The summed E-state index contributed by atoms with van der Waals surface area (Å²) in [6.07, 6.45) is 1.89. The van der Waals surface area contributed by atoms with E-state index in [4.69, 9.17) is 16.1 Å². The molecule has 1 saturated heterocycles. The van der Waals surface area contributed by atoms with Gasteiger partial charge in [0.15, 0.2) is 0 Å². The highest BCUT2D eigenvalue weighted by Crippen LogP contribution is 2.33. The van der Waals surface area contributed by atoms with Gasteiger partial charge in [0.05, 0.1) is 6.04 Å². The molecule has 27 heavy (non-hydrogen) atoms. The Morgan fingerprint density at radius 2 is 2.11 bits per heavy atom. The normalized spacial score (nSPS) is 16.5. The first-order chi connectivity index (χ1) is 13.1. The van der Waals surface area contributed by atoms with Crippen LogP contribution in [0.5, 0.6) is 0 Å². The average molecular weight is 383 g/mol. The van der Waals surface area contributed by atoms with E-state index < -0.39 is 0 Å². The lowest BCUT2D eigenvalue weighted by atomic mass is 10.0. The highest BCUT2D eigenvalue weighted by atomic mass is 35.5. The molecule has 1 aliphatic heterocycles. The van der Waals surface area contributed by atoms with Gasteiger partial charge in [-0.2, -0.15) is 4.98 Å². The number of benzene rings is 2. The summed E-state index contributed by atoms with van der Waals surface area (Å²) in [6.45, 7) is 2.46. The maximum absolute atomic E-state index is 12.9. The minimum absolute atomic E-state index is 0.0340. The number of aromatic nitrogens is 2. The van der Waals surface area contributed by atoms with Crippen LogP contribution < -0.4 is 5.32 Å². The molecule has 0 bridgehead atoms. The summed E-state index contributed by atoms with van der Waals surface area (Å²) in [5, 5.41) is 7.59. The van der Waals surface area contributed by atoms with Crippen molar-refractivity contribution in [3.63, 3.8) is 0 Å². The Morgan fingerprint density at radius 1 is 1.26 bits per heavy atom. The molecular formula is C20H19ClN4O2. The summed E-state index contributed by atoms with van der Waals surface area (Å²) in [7, 11) is 0. The van der Waals surface area contributed by atoms with Crippen molar-refractivity contribution >= 4 is 23.3 Å². The third-order valence-electron chi connectivity index (χ3n) is 4.65. The molecule has 0 aliphatic carbocycles. The molecule has 1 fully saturated rings. The van der Waals surface area contributed by atoms with Gasteiger partial charge >= 0.3 is 6.03 Å². The van der Waals surface area contributed by atoms with Crippen LogP contribution in [0.3, 0.4) is 0 Å². The van der Waals surface area contributed by atoms with Gasteiger partial charge in [-0.05, 0) is 42.7 Å². The lowest BCUT2D eigenvalue weighted by molar-refractivity contribution is 0.207. The van der Waals surface area contributed by atoms with Crippen molar-refractivity contribution in [2.45, 2.75) is 25.8 Å².